The van der Waals surface area contributed by atoms with E-state index in [0.717, 1.165) is 30.4 Å². The Balaban J connectivity index is 1.93. The van der Waals surface area contributed by atoms with Crippen LogP contribution in [0.1, 0.15) is 34.6 Å². The Labute approximate surface area is 146 Å². The van der Waals surface area contributed by atoms with Crippen molar-refractivity contribution in [3.63, 3.8) is 0 Å². The van der Waals surface area contributed by atoms with Gasteiger partial charge in [0.15, 0.2) is 5.11 Å². The van der Waals surface area contributed by atoms with Gasteiger partial charge in [-0.05, 0) is 54.7 Å². The highest BCUT2D eigenvalue weighted by Crippen LogP contribution is 2.41. The monoisotopic (exact) mass is 347 g/mol. The van der Waals surface area contributed by atoms with Crippen LogP contribution in [0.4, 0.5) is 0 Å². The lowest BCUT2D eigenvalue weighted by Gasteiger charge is -2.27. The lowest BCUT2D eigenvalue weighted by molar-refractivity contribution is 0.181. The van der Waals surface area contributed by atoms with Crippen molar-refractivity contribution in [3.8, 4) is 0 Å². The van der Waals surface area contributed by atoms with Gasteiger partial charge in [-0.2, -0.15) is 0 Å². The molecule has 0 aliphatic carbocycles. The highest BCUT2D eigenvalue weighted by Gasteiger charge is 2.40. The van der Waals surface area contributed by atoms with Crippen LogP contribution in [0, 0.1) is 6.92 Å². The zero-order valence-corrected chi connectivity index (χ0v) is 15.0. The van der Waals surface area contributed by atoms with E-state index >= 15 is 0 Å². The van der Waals surface area contributed by atoms with Gasteiger partial charge >= 0.3 is 0 Å². The second-order valence-electron chi connectivity index (χ2n) is 5.63. The third kappa shape index (κ3) is 3.39. The summed E-state index contributed by atoms with van der Waals surface area (Å²) in [6.45, 7) is 3.78. The summed E-state index contributed by atoms with van der Waals surface area (Å²) in [6.07, 6.45) is 2.79. The Bertz CT molecular complexity index is 659. The number of hydrogen-bond acceptors (Lipinski definition) is 4. The quantitative estimate of drug-likeness (QED) is 0.640. The van der Waals surface area contributed by atoms with E-state index in [4.69, 9.17) is 17.0 Å². The molecule has 1 N–H and O–H groups in total. The minimum absolute atomic E-state index is 0.0867. The molecular formula is C17H21N3OS2. The van der Waals surface area contributed by atoms with Crippen molar-refractivity contribution in [2.75, 3.05) is 20.3 Å². The summed E-state index contributed by atoms with van der Waals surface area (Å²) in [5.41, 5.74) is 2.34. The normalized spacial score (nSPS) is 20.8. The molecule has 0 bridgehead atoms. The SMILES string of the molecule is COCCCN1C(=S)N[C@@H](c2ccccn2)[C@@H]1c1sccc1C. The van der Waals surface area contributed by atoms with Crippen LogP contribution in [0.2, 0.25) is 0 Å². The zero-order valence-electron chi connectivity index (χ0n) is 13.4. The number of nitrogens with zero attached hydrogens (tertiary/aromatic N) is 2. The molecule has 1 aliphatic rings. The zero-order chi connectivity index (χ0) is 16.2. The first-order valence-corrected chi connectivity index (χ1v) is 9.02. The lowest BCUT2D eigenvalue weighted by atomic mass is 10.0. The van der Waals surface area contributed by atoms with E-state index in [2.05, 4.69) is 39.6 Å². The molecule has 3 heterocycles. The number of thiophene rings is 1. The number of hydrogen-bond donors (Lipinski definition) is 1. The summed E-state index contributed by atoms with van der Waals surface area (Å²) in [5, 5.41) is 6.42. The van der Waals surface area contributed by atoms with Crippen LogP contribution in [-0.2, 0) is 4.74 Å². The molecule has 0 saturated carbocycles. The van der Waals surface area contributed by atoms with Gasteiger partial charge in [0.25, 0.3) is 0 Å². The molecule has 0 radical (unpaired) electrons. The molecule has 2 aromatic rings. The molecular weight excluding hydrogens is 326 g/mol. The molecule has 23 heavy (non-hydrogen) atoms. The first-order chi connectivity index (χ1) is 11.2. The fraction of sp³-hybridized carbons (Fsp3) is 0.412. The molecule has 2 atom stereocenters. The third-order valence-corrected chi connectivity index (χ3v) is 5.56. The molecule has 4 nitrogen and oxygen atoms in total. The minimum Gasteiger partial charge on any atom is -0.385 e. The van der Waals surface area contributed by atoms with Gasteiger partial charge < -0.3 is 15.0 Å². The molecule has 0 unspecified atom stereocenters. The molecule has 1 fully saturated rings. The maximum atomic E-state index is 5.61. The number of rotatable bonds is 6. The van der Waals surface area contributed by atoms with Gasteiger partial charge in [-0.25, -0.2) is 0 Å². The standard InChI is InChI=1S/C17H21N3OS2/c1-12-7-11-23-16(12)15-14(13-6-3-4-8-18-13)19-17(22)20(15)9-5-10-21-2/h3-4,6-8,11,14-15H,5,9-10H2,1-2H3,(H,19,22)/t14-,15+/m0/s1. The Kier molecular flexibility index (Phi) is 5.25. The van der Waals surface area contributed by atoms with E-state index in [9.17, 15) is 0 Å². The van der Waals surface area contributed by atoms with Crippen LogP contribution in [0.15, 0.2) is 35.8 Å². The Morgan fingerprint density at radius 2 is 2.26 bits per heavy atom. The first-order valence-electron chi connectivity index (χ1n) is 7.73. The summed E-state index contributed by atoms with van der Waals surface area (Å²) in [5.74, 6) is 0. The highest BCUT2D eigenvalue weighted by atomic mass is 32.1. The van der Waals surface area contributed by atoms with E-state index in [1.165, 1.54) is 10.4 Å². The van der Waals surface area contributed by atoms with Gasteiger partial charge in [-0.15, -0.1) is 11.3 Å². The van der Waals surface area contributed by atoms with Crippen LogP contribution in [0.3, 0.4) is 0 Å². The molecule has 0 spiro atoms. The van der Waals surface area contributed by atoms with Crippen LogP contribution in [0.5, 0.6) is 0 Å². The predicted molar refractivity (Wildman–Crippen MR) is 97.7 cm³/mol. The number of aryl methyl sites for hydroxylation is 1. The van der Waals surface area contributed by atoms with Crippen LogP contribution >= 0.6 is 23.6 Å². The molecule has 3 rings (SSSR count). The average molecular weight is 348 g/mol. The van der Waals surface area contributed by atoms with E-state index < -0.39 is 0 Å². The van der Waals surface area contributed by atoms with Gasteiger partial charge in [-0.3, -0.25) is 4.98 Å². The van der Waals surface area contributed by atoms with Gasteiger partial charge in [0.2, 0.25) is 0 Å². The summed E-state index contributed by atoms with van der Waals surface area (Å²) in [7, 11) is 1.73. The molecule has 0 aromatic carbocycles. The summed E-state index contributed by atoms with van der Waals surface area (Å²) < 4.78 is 5.20. The van der Waals surface area contributed by atoms with Crippen LogP contribution < -0.4 is 5.32 Å². The number of pyridine rings is 1. The van der Waals surface area contributed by atoms with Crippen molar-refractivity contribution >= 4 is 28.7 Å². The first kappa shape index (κ1) is 16.4. The second-order valence-corrected chi connectivity index (χ2v) is 6.97. The van der Waals surface area contributed by atoms with Crippen molar-refractivity contribution in [1.82, 2.24) is 15.2 Å². The van der Waals surface area contributed by atoms with E-state index in [-0.39, 0.29) is 12.1 Å². The molecule has 1 saturated heterocycles. The lowest BCUT2D eigenvalue weighted by Crippen LogP contribution is -2.31. The highest BCUT2D eigenvalue weighted by molar-refractivity contribution is 7.80. The largest absolute Gasteiger partial charge is 0.385 e. The van der Waals surface area contributed by atoms with Gasteiger partial charge in [0, 0.05) is 31.3 Å². The maximum Gasteiger partial charge on any atom is 0.170 e. The van der Waals surface area contributed by atoms with E-state index in [0.29, 0.717) is 0 Å². The second kappa shape index (κ2) is 7.38. The van der Waals surface area contributed by atoms with Crippen LogP contribution in [-0.4, -0.2) is 35.3 Å². The Morgan fingerprint density at radius 3 is 2.91 bits per heavy atom. The maximum absolute atomic E-state index is 5.61. The summed E-state index contributed by atoms with van der Waals surface area (Å²) >= 11 is 7.40. The molecule has 0 amide bonds. The predicted octanol–water partition coefficient (Wildman–Crippen LogP) is 3.46. The van der Waals surface area contributed by atoms with Gasteiger partial charge in [0.05, 0.1) is 17.8 Å². The van der Waals surface area contributed by atoms with Crippen molar-refractivity contribution in [2.24, 2.45) is 0 Å². The van der Waals surface area contributed by atoms with Gasteiger partial charge in [-0.1, -0.05) is 6.07 Å². The van der Waals surface area contributed by atoms with Crippen molar-refractivity contribution in [3.05, 3.63) is 52.0 Å². The van der Waals surface area contributed by atoms with E-state index in [1.54, 1.807) is 18.4 Å². The van der Waals surface area contributed by atoms with Gasteiger partial charge in [0.1, 0.15) is 0 Å². The number of thiocarbonyl (C=S) groups is 1. The molecule has 122 valence electrons. The average Bonchev–Trinajstić information content (AvgIpc) is 3.12. The number of aromatic nitrogens is 1. The topological polar surface area (TPSA) is 37.4 Å². The Hall–Kier alpha value is -1.50. The van der Waals surface area contributed by atoms with Crippen molar-refractivity contribution in [2.45, 2.75) is 25.4 Å². The summed E-state index contributed by atoms with van der Waals surface area (Å²) in [4.78, 5) is 8.18. The number of ether oxygens (including phenoxy) is 1. The number of methoxy groups -OCH3 is 1. The van der Waals surface area contributed by atoms with Crippen molar-refractivity contribution in [1.29, 1.82) is 0 Å². The fourth-order valence-corrected chi connectivity index (χ4v) is 4.40. The molecule has 6 heteroatoms. The molecule has 1 aliphatic heterocycles. The number of nitrogens with one attached hydrogen (secondary N) is 1. The van der Waals surface area contributed by atoms with E-state index in [1.807, 2.05) is 18.3 Å². The minimum atomic E-state index is 0.0867. The molecule has 2 aromatic heterocycles. The third-order valence-electron chi connectivity index (χ3n) is 4.12. The van der Waals surface area contributed by atoms with Crippen molar-refractivity contribution < 1.29 is 4.74 Å². The fourth-order valence-electron chi connectivity index (χ4n) is 3.00. The van der Waals surface area contributed by atoms with Crippen LogP contribution in [0.25, 0.3) is 0 Å². The summed E-state index contributed by atoms with van der Waals surface area (Å²) in [6, 6.07) is 8.48. The Morgan fingerprint density at radius 1 is 1.39 bits per heavy atom. The smallest absolute Gasteiger partial charge is 0.170 e.